The fourth-order valence-corrected chi connectivity index (χ4v) is 1.61. The second-order valence-corrected chi connectivity index (χ2v) is 3.56. The highest BCUT2D eigenvalue weighted by molar-refractivity contribution is 7.99. The number of nitrogens with two attached hydrogens (primary N) is 1. The molecule has 0 fully saturated rings. The van der Waals surface area contributed by atoms with Crippen LogP contribution < -0.4 is 11.4 Å². The molecule has 1 aromatic heterocycles. The van der Waals surface area contributed by atoms with E-state index in [1.807, 2.05) is 0 Å². The van der Waals surface area contributed by atoms with E-state index in [4.69, 9.17) is 11.1 Å². The molecule has 72 valence electrons. The Balaban J connectivity index is 2.50. The average Bonchev–Trinajstić information content (AvgIpc) is 2.35. The Bertz CT molecular complexity index is 354. The van der Waals surface area contributed by atoms with Crippen molar-refractivity contribution in [3.05, 3.63) is 10.5 Å². The lowest BCUT2D eigenvalue weighted by Crippen LogP contribution is -2.13. The van der Waals surface area contributed by atoms with Crippen molar-refractivity contribution in [1.82, 2.24) is 14.8 Å². The number of H-pyrrole nitrogens is 1. The first-order valence-corrected chi connectivity index (χ1v) is 4.67. The Morgan fingerprint density at radius 2 is 2.54 bits per heavy atom. The number of thioether (sulfide) groups is 1. The maximum Gasteiger partial charge on any atom is 0.343 e. The van der Waals surface area contributed by atoms with Gasteiger partial charge in [0.05, 0.1) is 5.84 Å². The summed E-state index contributed by atoms with van der Waals surface area (Å²) in [6.07, 6.45) is 0.506. The minimum absolute atomic E-state index is 0.146. The van der Waals surface area contributed by atoms with Gasteiger partial charge in [0.15, 0.2) is 5.16 Å². The van der Waals surface area contributed by atoms with Crippen molar-refractivity contribution in [1.29, 1.82) is 5.41 Å². The van der Waals surface area contributed by atoms with Gasteiger partial charge in [0.25, 0.3) is 0 Å². The summed E-state index contributed by atoms with van der Waals surface area (Å²) in [7, 11) is 1.64. The Hall–Kier alpha value is -1.24. The third-order valence-corrected chi connectivity index (χ3v) is 2.47. The number of nitrogens with one attached hydrogen (secondary N) is 2. The quantitative estimate of drug-likeness (QED) is 0.348. The van der Waals surface area contributed by atoms with Crippen molar-refractivity contribution in [3.63, 3.8) is 0 Å². The molecule has 0 amide bonds. The van der Waals surface area contributed by atoms with Crippen molar-refractivity contribution >= 4 is 17.6 Å². The monoisotopic (exact) mass is 201 g/mol. The molecule has 0 radical (unpaired) electrons. The summed E-state index contributed by atoms with van der Waals surface area (Å²) >= 11 is 1.40. The summed E-state index contributed by atoms with van der Waals surface area (Å²) < 4.78 is 1.42. The average molecular weight is 201 g/mol. The lowest BCUT2D eigenvalue weighted by molar-refractivity contribution is 0.766. The van der Waals surface area contributed by atoms with Crippen LogP contribution in [0.1, 0.15) is 6.42 Å². The van der Waals surface area contributed by atoms with Crippen LogP contribution in [0.25, 0.3) is 0 Å². The first-order chi connectivity index (χ1) is 6.11. The summed E-state index contributed by atoms with van der Waals surface area (Å²) in [4.78, 5) is 10.9. The molecule has 7 heteroatoms. The number of hydrogen-bond donors (Lipinski definition) is 3. The van der Waals surface area contributed by atoms with Crippen LogP contribution in [0, 0.1) is 5.41 Å². The van der Waals surface area contributed by atoms with Gasteiger partial charge < -0.3 is 5.73 Å². The molecule has 0 atom stereocenters. The van der Waals surface area contributed by atoms with Gasteiger partial charge in [-0.2, -0.15) is 0 Å². The van der Waals surface area contributed by atoms with E-state index in [1.54, 1.807) is 7.05 Å². The van der Waals surface area contributed by atoms with E-state index in [1.165, 1.54) is 16.3 Å². The van der Waals surface area contributed by atoms with Gasteiger partial charge in [0.1, 0.15) is 0 Å². The highest BCUT2D eigenvalue weighted by Gasteiger charge is 2.03. The molecule has 0 unspecified atom stereocenters. The molecule has 1 aromatic rings. The van der Waals surface area contributed by atoms with Crippen molar-refractivity contribution < 1.29 is 0 Å². The largest absolute Gasteiger partial charge is 0.388 e. The summed E-state index contributed by atoms with van der Waals surface area (Å²) in [5.41, 5.74) is 4.94. The zero-order chi connectivity index (χ0) is 9.84. The minimum Gasteiger partial charge on any atom is -0.388 e. The van der Waals surface area contributed by atoms with Gasteiger partial charge in [0, 0.05) is 19.2 Å². The normalized spacial score (nSPS) is 10.2. The van der Waals surface area contributed by atoms with E-state index in [9.17, 15) is 4.79 Å². The van der Waals surface area contributed by atoms with E-state index >= 15 is 0 Å². The molecule has 0 spiro atoms. The van der Waals surface area contributed by atoms with Crippen LogP contribution in [0.2, 0.25) is 0 Å². The molecule has 4 N–H and O–H groups in total. The van der Waals surface area contributed by atoms with Gasteiger partial charge in [-0.15, -0.1) is 5.10 Å². The number of amidine groups is 1. The van der Waals surface area contributed by atoms with Crippen molar-refractivity contribution in [2.75, 3.05) is 5.75 Å². The first kappa shape index (κ1) is 9.85. The molecule has 0 saturated carbocycles. The molecular weight excluding hydrogens is 190 g/mol. The molecule has 0 aromatic carbocycles. The molecule has 6 nitrogen and oxygen atoms in total. The van der Waals surface area contributed by atoms with Crippen molar-refractivity contribution in [2.24, 2.45) is 12.8 Å². The van der Waals surface area contributed by atoms with Crippen molar-refractivity contribution in [3.8, 4) is 0 Å². The Morgan fingerprint density at radius 1 is 1.85 bits per heavy atom. The lowest BCUT2D eigenvalue weighted by Gasteiger charge is -1.97. The number of aromatic amines is 1. The predicted octanol–water partition coefficient (Wildman–Crippen LogP) is -0.473. The van der Waals surface area contributed by atoms with Crippen molar-refractivity contribution in [2.45, 2.75) is 11.6 Å². The molecular formula is C6H11N5OS. The first-order valence-electron chi connectivity index (χ1n) is 3.68. The molecule has 1 heterocycles. The van der Waals surface area contributed by atoms with E-state index in [2.05, 4.69) is 10.2 Å². The second-order valence-electron chi connectivity index (χ2n) is 2.49. The zero-order valence-electron chi connectivity index (χ0n) is 7.20. The highest BCUT2D eigenvalue weighted by Crippen LogP contribution is 2.12. The smallest absolute Gasteiger partial charge is 0.343 e. The van der Waals surface area contributed by atoms with E-state index in [0.717, 1.165) is 0 Å². The van der Waals surface area contributed by atoms with Crippen LogP contribution in [0.4, 0.5) is 0 Å². The molecule has 1 rings (SSSR count). The van der Waals surface area contributed by atoms with Gasteiger partial charge >= 0.3 is 5.69 Å². The number of nitrogens with zero attached hydrogens (tertiary/aromatic N) is 2. The minimum atomic E-state index is -0.231. The fraction of sp³-hybridized carbons (Fsp3) is 0.500. The molecule has 0 aliphatic carbocycles. The fourth-order valence-electron chi connectivity index (χ4n) is 0.714. The lowest BCUT2D eigenvalue weighted by atomic mass is 10.5. The van der Waals surface area contributed by atoms with Gasteiger partial charge in [-0.1, -0.05) is 11.8 Å². The SMILES string of the molecule is Cn1c(SCCC(=N)N)n[nH]c1=O. The van der Waals surface area contributed by atoms with Crippen LogP contribution in [-0.2, 0) is 7.05 Å². The predicted molar refractivity (Wildman–Crippen MR) is 51.1 cm³/mol. The second kappa shape index (κ2) is 4.13. The Labute approximate surface area is 79.0 Å². The van der Waals surface area contributed by atoms with E-state index in [0.29, 0.717) is 17.3 Å². The summed E-state index contributed by atoms with van der Waals surface area (Å²) in [5, 5.41) is 13.7. The number of rotatable bonds is 4. The topological polar surface area (TPSA) is 101 Å². The van der Waals surface area contributed by atoms with Crippen LogP contribution in [0.5, 0.6) is 0 Å². The zero-order valence-corrected chi connectivity index (χ0v) is 8.02. The van der Waals surface area contributed by atoms with Crippen LogP contribution in [0.15, 0.2) is 9.95 Å². The molecule has 0 aliphatic heterocycles. The van der Waals surface area contributed by atoms with Gasteiger partial charge in [-0.05, 0) is 0 Å². The summed E-state index contributed by atoms with van der Waals surface area (Å²) in [5.74, 6) is 0.807. The standard InChI is InChI=1S/C6H11N5OS/c1-11-5(12)9-10-6(11)13-3-2-4(7)8/h2-3H2,1H3,(H3,7,8)(H,9,12). The van der Waals surface area contributed by atoms with Gasteiger partial charge in [-0.3, -0.25) is 9.98 Å². The van der Waals surface area contributed by atoms with Crippen LogP contribution >= 0.6 is 11.8 Å². The van der Waals surface area contributed by atoms with E-state index < -0.39 is 0 Å². The molecule has 13 heavy (non-hydrogen) atoms. The molecule has 0 bridgehead atoms. The van der Waals surface area contributed by atoms with Gasteiger partial charge in [0.2, 0.25) is 0 Å². The van der Waals surface area contributed by atoms with Crippen LogP contribution in [0.3, 0.4) is 0 Å². The molecule has 0 saturated heterocycles. The maximum absolute atomic E-state index is 10.9. The maximum atomic E-state index is 10.9. The number of aromatic nitrogens is 3. The number of hydrogen-bond acceptors (Lipinski definition) is 4. The van der Waals surface area contributed by atoms with E-state index in [-0.39, 0.29) is 11.5 Å². The summed E-state index contributed by atoms with van der Waals surface area (Å²) in [6, 6.07) is 0. The molecule has 0 aliphatic rings. The van der Waals surface area contributed by atoms with Gasteiger partial charge in [-0.25, -0.2) is 9.89 Å². The highest BCUT2D eigenvalue weighted by atomic mass is 32.2. The van der Waals surface area contributed by atoms with Crippen LogP contribution in [-0.4, -0.2) is 26.4 Å². The third kappa shape index (κ3) is 2.62. The summed E-state index contributed by atoms with van der Waals surface area (Å²) in [6.45, 7) is 0. The Kier molecular flexibility index (Phi) is 3.13. The third-order valence-electron chi connectivity index (χ3n) is 1.44. The Morgan fingerprint density at radius 3 is 3.00 bits per heavy atom.